The van der Waals surface area contributed by atoms with Crippen LogP contribution in [0.4, 0.5) is 0 Å². The summed E-state index contributed by atoms with van der Waals surface area (Å²) in [7, 11) is 0. The van der Waals surface area contributed by atoms with Gasteiger partial charge in [0.15, 0.2) is 5.96 Å². The summed E-state index contributed by atoms with van der Waals surface area (Å²) >= 11 is 0. The minimum Gasteiger partial charge on any atom is -0.376 e. The van der Waals surface area contributed by atoms with Crippen LogP contribution in [0.3, 0.4) is 0 Å². The smallest absolute Gasteiger partial charge is 0.188 e. The van der Waals surface area contributed by atoms with E-state index in [1.54, 1.807) is 6.20 Å². The molecule has 1 heterocycles. The molecule has 0 unspecified atom stereocenters. The second kappa shape index (κ2) is 9.41. The van der Waals surface area contributed by atoms with Gasteiger partial charge in [-0.15, -0.1) is 0 Å². The average molecular weight is 304 g/mol. The van der Waals surface area contributed by atoms with Crippen molar-refractivity contribution in [2.75, 3.05) is 19.7 Å². The first-order valence-electron chi connectivity index (χ1n) is 8.31. The van der Waals surface area contributed by atoms with Gasteiger partial charge in [0, 0.05) is 24.9 Å². The van der Waals surface area contributed by atoms with E-state index in [0.29, 0.717) is 31.1 Å². The van der Waals surface area contributed by atoms with E-state index in [-0.39, 0.29) is 0 Å². The van der Waals surface area contributed by atoms with Crippen molar-refractivity contribution in [2.45, 2.75) is 45.1 Å². The molecule has 5 nitrogen and oxygen atoms in total. The lowest BCUT2D eigenvalue weighted by molar-refractivity contribution is -0.000654. The van der Waals surface area contributed by atoms with Crippen LogP contribution in [-0.4, -0.2) is 36.7 Å². The predicted molar refractivity (Wildman–Crippen MR) is 89.8 cm³/mol. The number of nitrogens with two attached hydrogens (primary N) is 1. The zero-order chi connectivity index (χ0) is 15.6. The van der Waals surface area contributed by atoms with Crippen molar-refractivity contribution in [1.82, 2.24) is 10.3 Å². The topological polar surface area (TPSA) is 72.5 Å². The number of nitrogens with zero attached hydrogens (tertiary/aromatic N) is 2. The fraction of sp³-hybridized carbons (Fsp3) is 0.647. The molecule has 0 spiro atoms. The van der Waals surface area contributed by atoms with Crippen LogP contribution in [0, 0.1) is 5.92 Å². The van der Waals surface area contributed by atoms with Crippen LogP contribution in [0.1, 0.15) is 38.3 Å². The Morgan fingerprint density at radius 1 is 1.41 bits per heavy atom. The summed E-state index contributed by atoms with van der Waals surface area (Å²) in [5, 5.41) is 3.11. The summed E-state index contributed by atoms with van der Waals surface area (Å²) in [4.78, 5) is 8.57. The zero-order valence-corrected chi connectivity index (χ0v) is 13.5. The average Bonchev–Trinajstić information content (AvgIpc) is 2.54. The monoisotopic (exact) mass is 304 g/mol. The number of aliphatic imine (C=N–C) groups is 1. The Bertz CT molecular complexity index is 449. The molecule has 1 aliphatic rings. The highest BCUT2D eigenvalue weighted by Gasteiger charge is 2.21. The lowest BCUT2D eigenvalue weighted by Gasteiger charge is -2.28. The van der Waals surface area contributed by atoms with Crippen molar-refractivity contribution in [3.05, 3.63) is 30.1 Å². The maximum Gasteiger partial charge on any atom is 0.188 e. The van der Waals surface area contributed by atoms with Gasteiger partial charge in [0.05, 0.1) is 19.3 Å². The van der Waals surface area contributed by atoms with Gasteiger partial charge in [-0.05, 0) is 30.9 Å². The van der Waals surface area contributed by atoms with Crippen molar-refractivity contribution in [3.63, 3.8) is 0 Å². The van der Waals surface area contributed by atoms with E-state index in [1.165, 1.54) is 25.7 Å². The molecule has 3 N–H and O–H groups in total. The number of hydrogen-bond acceptors (Lipinski definition) is 3. The summed E-state index contributed by atoms with van der Waals surface area (Å²) in [5.41, 5.74) is 6.90. The maximum atomic E-state index is 5.92. The van der Waals surface area contributed by atoms with Gasteiger partial charge < -0.3 is 15.8 Å². The van der Waals surface area contributed by atoms with E-state index in [2.05, 4.69) is 22.2 Å². The first-order chi connectivity index (χ1) is 10.8. The number of nitrogens with one attached hydrogen (secondary N) is 1. The predicted octanol–water partition coefficient (Wildman–Crippen LogP) is 2.12. The van der Waals surface area contributed by atoms with Crippen molar-refractivity contribution in [2.24, 2.45) is 16.6 Å². The molecular weight excluding hydrogens is 276 g/mol. The quantitative estimate of drug-likeness (QED) is 0.460. The Labute approximate surface area is 133 Å². The van der Waals surface area contributed by atoms with Crippen molar-refractivity contribution in [3.8, 4) is 0 Å². The van der Waals surface area contributed by atoms with Crippen LogP contribution < -0.4 is 11.1 Å². The number of hydrogen-bond donors (Lipinski definition) is 2. The first kappa shape index (κ1) is 16.7. The number of rotatable bonds is 7. The van der Waals surface area contributed by atoms with Gasteiger partial charge in [0.25, 0.3) is 0 Å². The molecule has 0 aromatic carbocycles. The second-order valence-corrected chi connectivity index (χ2v) is 5.94. The van der Waals surface area contributed by atoms with Crippen molar-refractivity contribution >= 4 is 5.96 Å². The van der Waals surface area contributed by atoms with E-state index in [9.17, 15) is 0 Å². The zero-order valence-electron chi connectivity index (χ0n) is 13.5. The standard InChI is InChI=1S/C17H28N4O/c1-14-6-2-3-8-16(14)22-13-12-21-17(18)20-11-9-15-7-4-5-10-19-15/h4-5,7,10,14,16H,2-3,6,8-9,11-13H2,1H3,(H3,18,20,21)/t14-,16-/m1/s1. The van der Waals surface area contributed by atoms with Crippen LogP contribution in [0.15, 0.2) is 29.4 Å². The molecule has 1 fully saturated rings. The summed E-state index contributed by atoms with van der Waals surface area (Å²) in [6, 6.07) is 5.91. The molecule has 1 saturated carbocycles. The Morgan fingerprint density at radius 3 is 3.05 bits per heavy atom. The largest absolute Gasteiger partial charge is 0.376 e. The molecule has 22 heavy (non-hydrogen) atoms. The number of aromatic nitrogens is 1. The molecule has 1 aromatic rings. The minimum atomic E-state index is 0.405. The summed E-state index contributed by atoms with van der Waals surface area (Å²) in [6.45, 7) is 4.29. The first-order valence-corrected chi connectivity index (χ1v) is 8.31. The summed E-state index contributed by atoms with van der Waals surface area (Å²) in [6.07, 6.45) is 8.14. The van der Waals surface area contributed by atoms with E-state index in [0.717, 1.165) is 18.7 Å². The molecule has 0 saturated heterocycles. The molecular formula is C17H28N4O. The minimum absolute atomic E-state index is 0.405. The molecule has 2 rings (SSSR count). The van der Waals surface area contributed by atoms with E-state index in [4.69, 9.17) is 10.5 Å². The van der Waals surface area contributed by atoms with Gasteiger partial charge in [-0.3, -0.25) is 9.98 Å². The van der Waals surface area contributed by atoms with E-state index in [1.807, 2.05) is 18.2 Å². The third-order valence-corrected chi connectivity index (χ3v) is 4.15. The number of guanidine groups is 1. The van der Waals surface area contributed by atoms with Gasteiger partial charge >= 0.3 is 0 Å². The molecule has 5 heteroatoms. The Hall–Kier alpha value is -1.62. The van der Waals surface area contributed by atoms with Crippen molar-refractivity contribution in [1.29, 1.82) is 0 Å². The van der Waals surface area contributed by atoms with Crippen LogP contribution in [0.2, 0.25) is 0 Å². The van der Waals surface area contributed by atoms with Gasteiger partial charge in [-0.25, -0.2) is 0 Å². The highest BCUT2D eigenvalue weighted by atomic mass is 16.5. The fourth-order valence-corrected chi connectivity index (χ4v) is 2.82. The van der Waals surface area contributed by atoms with Gasteiger partial charge in [-0.1, -0.05) is 25.8 Å². The second-order valence-electron chi connectivity index (χ2n) is 5.94. The van der Waals surface area contributed by atoms with Gasteiger partial charge in [0.2, 0.25) is 0 Å². The molecule has 2 atom stereocenters. The summed E-state index contributed by atoms with van der Waals surface area (Å²) < 4.78 is 5.92. The number of ether oxygens (including phenoxy) is 1. The Kier molecular flexibility index (Phi) is 7.16. The third kappa shape index (κ3) is 6.02. The highest BCUT2D eigenvalue weighted by Crippen LogP contribution is 2.25. The normalized spacial score (nSPS) is 22.5. The van der Waals surface area contributed by atoms with Gasteiger partial charge in [-0.2, -0.15) is 0 Å². The lowest BCUT2D eigenvalue weighted by Crippen LogP contribution is -2.34. The molecule has 0 amide bonds. The third-order valence-electron chi connectivity index (χ3n) is 4.15. The van der Waals surface area contributed by atoms with Gasteiger partial charge in [0.1, 0.15) is 0 Å². The Balaban J connectivity index is 1.57. The van der Waals surface area contributed by atoms with E-state index < -0.39 is 0 Å². The number of pyridine rings is 1. The van der Waals surface area contributed by atoms with Crippen LogP contribution >= 0.6 is 0 Å². The molecule has 122 valence electrons. The van der Waals surface area contributed by atoms with E-state index >= 15 is 0 Å². The molecule has 0 aliphatic heterocycles. The SMILES string of the molecule is C[C@@H]1CCCC[C@H]1OCCN=C(N)NCCc1ccccn1. The lowest BCUT2D eigenvalue weighted by atomic mass is 9.88. The summed E-state index contributed by atoms with van der Waals surface area (Å²) in [5.74, 6) is 1.16. The van der Waals surface area contributed by atoms with Crippen LogP contribution in [0.25, 0.3) is 0 Å². The molecule has 1 aliphatic carbocycles. The molecule has 0 radical (unpaired) electrons. The fourth-order valence-electron chi connectivity index (χ4n) is 2.82. The molecule has 1 aromatic heterocycles. The van der Waals surface area contributed by atoms with Crippen LogP contribution in [-0.2, 0) is 11.2 Å². The van der Waals surface area contributed by atoms with Crippen LogP contribution in [0.5, 0.6) is 0 Å². The van der Waals surface area contributed by atoms with Crippen molar-refractivity contribution < 1.29 is 4.74 Å². The maximum absolute atomic E-state index is 5.92. The Morgan fingerprint density at radius 2 is 2.27 bits per heavy atom. The molecule has 0 bridgehead atoms. The highest BCUT2D eigenvalue weighted by molar-refractivity contribution is 5.77.